The first-order chi connectivity index (χ1) is 13.9. The molecule has 2 heterocycles. The molecule has 1 atom stereocenters. The Morgan fingerprint density at radius 2 is 1.97 bits per heavy atom. The van der Waals surface area contributed by atoms with E-state index in [1.165, 1.54) is 0 Å². The van der Waals surface area contributed by atoms with Crippen LogP contribution in [0.4, 0.5) is 5.82 Å². The highest BCUT2D eigenvalue weighted by Gasteiger charge is 2.38. The van der Waals surface area contributed by atoms with Gasteiger partial charge in [0, 0.05) is 45.0 Å². The van der Waals surface area contributed by atoms with Gasteiger partial charge in [0.15, 0.2) is 5.78 Å². The van der Waals surface area contributed by atoms with E-state index >= 15 is 0 Å². The van der Waals surface area contributed by atoms with Gasteiger partial charge >= 0.3 is 0 Å². The minimum atomic E-state index is -0.402. The minimum absolute atomic E-state index is 0.107. The van der Waals surface area contributed by atoms with Crippen molar-refractivity contribution in [1.82, 2.24) is 10.3 Å². The number of allylic oxidation sites excluding steroid dienone is 3. The molecule has 0 unspecified atom stereocenters. The van der Waals surface area contributed by atoms with Gasteiger partial charge in [-0.05, 0) is 56.5 Å². The minimum Gasteiger partial charge on any atom is -0.362 e. The Kier molecular flexibility index (Phi) is 5.37. The molecule has 29 heavy (non-hydrogen) atoms. The van der Waals surface area contributed by atoms with Gasteiger partial charge in [-0.15, -0.1) is 0 Å². The summed E-state index contributed by atoms with van der Waals surface area (Å²) in [6.07, 6.45) is 2.16. The highest BCUT2D eigenvalue weighted by molar-refractivity contribution is 9.10. The molecule has 4 rings (SSSR count). The molecule has 2 N–H and O–H groups in total. The lowest BCUT2D eigenvalue weighted by molar-refractivity contribution is -0.116. The number of nitrogens with zero attached hydrogens (tertiary/aromatic N) is 1. The third-order valence-corrected chi connectivity index (χ3v) is 5.83. The second kappa shape index (κ2) is 7.95. The van der Waals surface area contributed by atoms with Crippen LogP contribution in [-0.2, 0) is 9.59 Å². The lowest BCUT2D eigenvalue weighted by Gasteiger charge is -2.34. The Labute approximate surface area is 178 Å². The van der Waals surface area contributed by atoms with Crippen LogP contribution in [0.25, 0.3) is 0 Å². The summed E-state index contributed by atoms with van der Waals surface area (Å²) in [5.74, 6) is -0.0439. The molecule has 1 amide bonds. The van der Waals surface area contributed by atoms with Crippen LogP contribution in [0.15, 0.2) is 69.5 Å². The predicted octanol–water partition coefficient (Wildman–Crippen LogP) is 4.76. The zero-order valence-electron chi connectivity index (χ0n) is 16.4. The van der Waals surface area contributed by atoms with Gasteiger partial charge in [-0.2, -0.15) is 0 Å². The fourth-order valence-corrected chi connectivity index (χ4v) is 4.52. The first-order valence-corrected chi connectivity index (χ1v) is 10.5. The molecule has 0 radical (unpaired) electrons. The molecule has 148 valence electrons. The topological polar surface area (TPSA) is 71.1 Å². The van der Waals surface area contributed by atoms with Crippen molar-refractivity contribution < 1.29 is 9.59 Å². The molecule has 1 aromatic heterocycles. The highest BCUT2D eigenvalue weighted by Crippen LogP contribution is 2.42. The van der Waals surface area contributed by atoms with E-state index < -0.39 is 5.92 Å². The predicted molar refractivity (Wildman–Crippen MR) is 116 cm³/mol. The number of aromatic nitrogens is 1. The summed E-state index contributed by atoms with van der Waals surface area (Å²) in [6.45, 7) is 3.77. The molecule has 6 heteroatoms. The molecule has 2 aromatic rings. The SMILES string of the molecule is CC1=C(C(=O)Nc2cccc(C)n2)[C@H](c2cccc(Br)c2)C2=C(CCCC2=O)N1. The number of aryl methyl sites for hydroxylation is 1. The lowest BCUT2D eigenvalue weighted by atomic mass is 9.75. The number of Topliss-reactive ketones (excluding diaryl/α,β-unsaturated/α-hetero) is 1. The number of carbonyl (C=O) groups excluding carboxylic acids is 2. The van der Waals surface area contributed by atoms with Crippen molar-refractivity contribution >= 4 is 33.4 Å². The van der Waals surface area contributed by atoms with Crippen LogP contribution in [0.3, 0.4) is 0 Å². The van der Waals surface area contributed by atoms with Gasteiger partial charge in [-0.1, -0.05) is 34.1 Å². The maximum absolute atomic E-state index is 13.3. The molecule has 5 nitrogen and oxygen atoms in total. The number of hydrogen-bond donors (Lipinski definition) is 2. The first-order valence-electron chi connectivity index (χ1n) is 9.68. The third-order valence-electron chi connectivity index (χ3n) is 5.33. The number of halogens is 1. The molecule has 0 saturated carbocycles. The standard InChI is InChI=1S/C23H22BrN3O2/c1-13-6-3-11-19(25-13)27-23(29)20-14(2)26-17-9-5-10-18(28)22(17)21(20)15-7-4-8-16(24)12-15/h3-4,6-8,11-12,21,26H,5,9-10H2,1-2H3,(H,25,27,29)/t21-/m0/s1. The van der Waals surface area contributed by atoms with Crippen molar-refractivity contribution in [3.63, 3.8) is 0 Å². The molecule has 1 aliphatic carbocycles. The molecule has 0 bridgehead atoms. The van der Waals surface area contributed by atoms with Crippen molar-refractivity contribution in [2.45, 2.75) is 39.0 Å². The molecule has 0 saturated heterocycles. The fraction of sp³-hybridized carbons (Fsp3) is 0.261. The van der Waals surface area contributed by atoms with Crippen LogP contribution in [0.1, 0.15) is 43.4 Å². The summed E-state index contributed by atoms with van der Waals surface area (Å²) >= 11 is 3.52. The molecule has 1 aromatic carbocycles. The number of rotatable bonds is 3. The number of nitrogens with one attached hydrogen (secondary N) is 2. The molecule has 0 fully saturated rings. The number of anilines is 1. The van der Waals surface area contributed by atoms with Crippen LogP contribution in [-0.4, -0.2) is 16.7 Å². The second-order valence-electron chi connectivity index (χ2n) is 7.44. The summed E-state index contributed by atoms with van der Waals surface area (Å²) in [5.41, 5.74) is 4.72. The quantitative estimate of drug-likeness (QED) is 0.705. The summed E-state index contributed by atoms with van der Waals surface area (Å²) in [4.78, 5) is 30.6. The maximum Gasteiger partial charge on any atom is 0.255 e. The van der Waals surface area contributed by atoms with Crippen molar-refractivity contribution in [2.75, 3.05) is 5.32 Å². The fourth-order valence-electron chi connectivity index (χ4n) is 4.10. The van der Waals surface area contributed by atoms with Crippen molar-refractivity contribution in [2.24, 2.45) is 0 Å². The largest absolute Gasteiger partial charge is 0.362 e. The van der Waals surface area contributed by atoms with E-state index in [2.05, 4.69) is 31.5 Å². The lowest BCUT2D eigenvalue weighted by Crippen LogP contribution is -2.35. The normalized spacial score (nSPS) is 19.0. The Bertz CT molecular complexity index is 1070. The average Bonchev–Trinajstić information content (AvgIpc) is 2.67. The van der Waals surface area contributed by atoms with Gasteiger partial charge in [0.1, 0.15) is 5.82 Å². The van der Waals surface area contributed by atoms with Gasteiger partial charge in [0.25, 0.3) is 5.91 Å². The van der Waals surface area contributed by atoms with Gasteiger partial charge < -0.3 is 10.6 Å². The van der Waals surface area contributed by atoms with Gasteiger partial charge in [0.05, 0.1) is 0 Å². The van der Waals surface area contributed by atoms with E-state index in [1.807, 2.05) is 50.2 Å². The van der Waals surface area contributed by atoms with Gasteiger partial charge in [-0.3, -0.25) is 9.59 Å². The number of ketones is 1. The van der Waals surface area contributed by atoms with E-state index in [-0.39, 0.29) is 11.7 Å². The number of pyridine rings is 1. The van der Waals surface area contributed by atoms with Gasteiger partial charge in [-0.25, -0.2) is 4.98 Å². The van der Waals surface area contributed by atoms with Crippen molar-refractivity contribution in [3.05, 3.63) is 80.7 Å². The van der Waals surface area contributed by atoms with E-state index in [9.17, 15) is 9.59 Å². The second-order valence-corrected chi connectivity index (χ2v) is 8.35. The molecular weight excluding hydrogens is 430 g/mol. The summed E-state index contributed by atoms with van der Waals surface area (Å²) in [5, 5.41) is 6.25. The Morgan fingerprint density at radius 3 is 2.72 bits per heavy atom. The van der Waals surface area contributed by atoms with E-state index in [4.69, 9.17) is 0 Å². The van der Waals surface area contributed by atoms with Crippen LogP contribution in [0.2, 0.25) is 0 Å². The molecule has 0 spiro atoms. The van der Waals surface area contributed by atoms with Crippen LogP contribution >= 0.6 is 15.9 Å². The zero-order valence-corrected chi connectivity index (χ0v) is 18.0. The van der Waals surface area contributed by atoms with Crippen LogP contribution < -0.4 is 10.6 Å². The number of carbonyl (C=O) groups is 2. The summed E-state index contributed by atoms with van der Waals surface area (Å²) in [7, 11) is 0. The van der Waals surface area contributed by atoms with Crippen molar-refractivity contribution in [1.29, 1.82) is 0 Å². The van der Waals surface area contributed by atoms with Crippen LogP contribution in [0.5, 0.6) is 0 Å². The highest BCUT2D eigenvalue weighted by atomic mass is 79.9. The number of hydrogen-bond acceptors (Lipinski definition) is 4. The number of dihydropyridines is 1. The summed E-state index contributed by atoms with van der Waals surface area (Å²) in [6, 6.07) is 13.3. The number of amides is 1. The maximum atomic E-state index is 13.3. The monoisotopic (exact) mass is 451 g/mol. The Morgan fingerprint density at radius 1 is 1.17 bits per heavy atom. The van der Waals surface area contributed by atoms with Crippen LogP contribution in [0, 0.1) is 6.92 Å². The van der Waals surface area contributed by atoms with E-state index in [0.29, 0.717) is 23.4 Å². The smallest absolute Gasteiger partial charge is 0.255 e. The first kappa shape index (κ1) is 19.6. The molecule has 1 aliphatic heterocycles. The number of benzene rings is 1. The Hall–Kier alpha value is -2.73. The zero-order chi connectivity index (χ0) is 20.5. The van der Waals surface area contributed by atoms with E-state index in [0.717, 1.165) is 40.0 Å². The molecular formula is C23H22BrN3O2. The van der Waals surface area contributed by atoms with Crippen molar-refractivity contribution in [3.8, 4) is 0 Å². The van der Waals surface area contributed by atoms with E-state index in [1.54, 1.807) is 6.07 Å². The third kappa shape index (κ3) is 3.90. The van der Waals surface area contributed by atoms with Gasteiger partial charge in [0.2, 0.25) is 0 Å². The Balaban J connectivity index is 1.79. The summed E-state index contributed by atoms with van der Waals surface area (Å²) < 4.78 is 0.914. The average molecular weight is 452 g/mol. The molecule has 2 aliphatic rings.